The number of ether oxygens (including phenoxy) is 1. The molecule has 0 aliphatic carbocycles. The molecular weight excluding hydrogens is 352 g/mol. The number of hydrogen-bond acceptors (Lipinski definition) is 5. The molecule has 1 aromatic carbocycles. The average molecular weight is 380 g/mol. The highest BCUT2D eigenvalue weighted by Crippen LogP contribution is 2.38. The number of carbonyl (C=O) groups is 1. The molecule has 1 spiro atoms. The van der Waals surface area contributed by atoms with Crippen molar-refractivity contribution in [3.05, 3.63) is 53.6 Å². The molecule has 148 valence electrons. The Morgan fingerprint density at radius 2 is 1.86 bits per heavy atom. The molecule has 4 rings (SSSR count). The van der Waals surface area contributed by atoms with Gasteiger partial charge in [0, 0.05) is 32.0 Å². The normalized spacial score (nSPS) is 21.1. The van der Waals surface area contributed by atoms with Crippen LogP contribution in [0.5, 0.6) is 0 Å². The molecule has 2 saturated heterocycles. The summed E-state index contributed by atoms with van der Waals surface area (Å²) >= 11 is 0. The first-order chi connectivity index (χ1) is 13.5. The second-order valence-corrected chi connectivity index (χ2v) is 8.13. The molecule has 2 fully saturated rings. The van der Waals surface area contributed by atoms with Crippen molar-refractivity contribution in [1.82, 2.24) is 14.9 Å². The van der Waals surface area contributed by atoms with Crippen molar-refractivity contribution in [1.29, 1.82) is 0 Å². The van der Waals surface area contributed by atoms with Gasteiger partial charge in [0.05, 0.1) is 30.1 Å². The van der Waals surface area contributed by atoms with Crippen molar-refractivity contribution in [2.24, 2.45) is 0 Å². The Balaban J connectivity index is 1.36. The number of likely N-dealkylation sites (tertiary alicyclic amines) is 1. The monoisotopic (exact) mass is 380 g/mol. The summed E-state index contributed by atoms with van der Waals surface area (Å²) in [6.07, 6.45) is 5.96. The second-order valence-electron chi connectivity index (χ2n) is 8.13. The fourth-order valence-corrected chi connectivity index (χ4v) is 4.19. The summed E-state index contributed by atoms with van der Waals surface area (Å²) in [4.78, 5) is 25.3. The molecule has 2 aromatic rings. The third kappa shape index (κ3) is 3.74. The summed E-state index contributed by atoms with van der Waals surface area (Å²) in [5.41, 5.74) is 3.62. The number of rotatable bonds is 3. The highest BCUT2D eigenvalue weighted by Gasteiger charge is 2.44. The highest BCUT2D eigenvalue weighted by atomic mass is 16.5. The van der Waals surface area contributed by atoms with Gasteiger partial charge in [-0.1, -0.05) is 17.7 Å². The van der Waals surface area contributed by atoms with Crippen LogP contribution in [0.2, 0.25) is 0 Å². The summed E-state index contributed by atoms with van der Waals surface area (Å²) in [7, 11) is 2.15. The van der Waals surface area contributed by atoms with Crippen molar-refractivity contribution >= 4 is 11.6 Å². The van der Waals surface area contributed by atoms with Crippen LogP contribution in [-0.2, 0) is 4.74 Å². The molecule has 28 heavy (non-hydrogen) atoms. The largest absolute Gasteiger partial charge is 0.373 e. The van der Waals surface area contributed by atoms with Crippen LogP contribution in [0.1, 0.15) is 41.0 Å². The van der Waals surface area contributed by atoms with Gasteiger partial charge >= 0.3 is 0 Å². The Labute approximate surface area is 166 Å². The number of likely N-dealkylation sites (N-methyl/N-ethyl adjacent to an activating group) is 1. The summed E-state index contributed by atoms with van der Waals surface area (Å²) < 4.78 is 6.30. The van der Waals surface area contributed by atoms with Crippen LogP contribution in [-0.4, -0.2) is 59.2 Å². The molecule has 0 saturated carbocycles. The van der Waals surface area contributed by atoms with Crippen LogP contribution in [0.25, 0.3) is 0 Å². The average Bonchev–Trinajstić information content (AvgIpc) is 3.12. The molecular formula is C22H28N4O2. The Morgan fingerprint density at radius 1 is 1.14 bits per heavy atom. The van der Waals surface area contributed by atoms with Crippen molar-refractivity contribution in [2.75, 3.05) is 31.6 Å². The summed E-state index contributed by atoms with van der Waals surface area (Å²) in [5, 5.41) is 0. The van der Waals surface area contributed by atoms with E-state index in [-0.39, 0.29) is 11.5 Å². The fraction of sp³-hybridized carbons (Fsp3) is 0.500. The quantitative estimate of drug-likeness (QED) is 0.819. The Morgan fingerprint density at radius 3 is 2.50 bits per heavy atom. The highest BCUT2D eigenvalue weighted by molar-refractivity contribution is 5.92. The number of hydrogen-bond donors (Lipinski definition) is 0. The Hall–Kier alpha value is -2.47. The minimum atomic E-state index is -0.112. The molecule has 1 amide bonds. The topological polar surface area (TPSA) is 58.6 Å². The zero-order valence-electron chi connectivity index (χ0n) is 16.9. The molecule has 2 aliphatic rings. The number of benzene rings is 1. The maximum Gasteiger partial charge on any atom is 0.274 e. The van der Waals surface area contributed by atoms with Crippen LogP contribution in [0.4, 0.5) is 5.69 Å². The lowest BCUT2D eigenvalue weighted by molar-refractivity contribution is -0.0389. The smallest absolute Gasteiger partial charge is 0.274 e. The van der Waals surface area contributed by atoms with E-state index in [1.807, 2.05) is 11.8 Å². The predicted molar refractivity (Wildman–Crippen MR) is 109 cm³/mol. The SMILES string of the molecule is Cc1ccc(N(C)[C@H]2COC3(CCN(C(=O)c4cnc(C)cn4)CC3)C2)cc1. The molecule has 1 aromatic heterocycles. The van der Waals surface area contributed by atoms with E-state index in [1.165, 1.54) is 11.3 Å². The van der Waals surface area contributed by atoms with E-state index in [4.69, 9.17) is 4.74 Å². The maximum atomic E-state index is 12.7. The molecule has 6 nitrogen and oxygen atoms in total. The summed E-state index contributed by atoms with van der Waals surface area (Å²) in [6, 6.07) is 9.01. The Bertz CT molecular complexity index is 827. The van der Waals surface area contributed by atoms with Gasteiger partial charge in [0.25, 0.3) is 5.91 Å². The number of amides is 1. The van der Waals surface area contributed by atoms with E-state index in [9.17, 15) is 4.79 Å². The van der Waals surface area contributed by atoms with Crippen molar-refractivity contribution in [3.63, 3.8) is 0 Å². The van der Waals surface area contributed by atoms with Crippen LogP contribution in [0.3, 0.4) is 0 Å². The molecule has 6 heteroatoms. The minimum Gasteiger partial charge on any atom is -0.373 e. The first-order valence-electron chi connectivity index (χ1n) is 9.97. The molecule has 0 radical (unpaired) electrons. The van der Waals surface area contributed by atoms with Crippen LogP contribution < -0.4 is 4.90 Å². The second kappa shape index (κ2) is 7.51. The first-order valence-corrected chi connectivity index (χ1v) is 9.97. The van der Waals surface area contributed by atoms with E-state index < -0.39 is 0 Å². The molecule has 0 N–H and O–H groups in total. The Kier molecular flexibility index (Phi) is 5.06. The van der Waals surface area contributed by atoms with Gasteiger partial charge in [-0.05, 0) is 45.2 Å². The lowest BCUT2D eigenvalue weighted by atomic mass is 9.87. The number of anilines is 1. The summed E-state index contributed by atoms with van der Waals surface area (Å²) in [5.74, 6) is -0.0336. The first kappa shape index (κ1) is 18.9. The van der Waals surface area contributed by atoms with Crippen molar-refractivity contribution in [2.45, 2.75) is 44.8 Å². The minimum absolute atomic E-state index is 0.0336. The number of piperidine rings is 1. The third-order valence-electron chi connectivity index (χ3n) is 6.14. The molecule has 3 heterocycles. The number of carbonyl (C=O) groups excluding carboxylic acids is 1. The van der Waals surface area contributed by atoms with Gasteiger partial charge in [-0.2, -0.15) is 0 Å². The maximum absolute atomic E-state index is 12.7. The zero-order chi connectivity index (χ0) is 19.7. The summed E-state index contributed by atoms with van der Waals surface area (Å²) in [6.45, 7) is 6.12. The number of aromatic nitrogens is 2. The van der Waals surface area contributed by atoms with Gasteiger partial charge in [-0.25, -0.2) is 4.98 Å². The standard InChI is InChI=1S/C22H28N4O2/c1-16-4-6-18(7-5-16)25(3)19-12-22(28-15-19)8-10-26(11-9-22)21(27)20-14-23-17(2)13-24-20/h4-7,13-14,19H,8-12,15H2,1-3H3/t19-/m1/s1. The van der Waals surface area contributed by atoms with Crippen LogP contribution in [0, 0.1) is 13.8 Å². The lowest BCUT2D eigenvalue weighted by Crippen LogP contribution is -2.47. The van der Waals surface area contributed by atoms with E-state index in [2.05, 4.69) is 53.1 Å². The third-order valence-corrected chi connectivity index (χ3v) is 6.14. The van der Waals surface area contributed by atoms with Crippen molar-refractivity contribution in [3.8, 4) is 0 Å². The van der Waals surface area contributed by atoms with Gasteiger partial charge in [-0.15, -0.1) is 0 Å². The molecule has 0 bridgehead atoms. The van der Waals surface area contributed by atoms with Gasteiger partial charge in [0.2, 0.25) is 0 Å². The number of aryl methyl sites for hydroxylation is 2. The van der Waals surface area contributed by atoms with Gasteiger partial charge < -0.3 is 14.5 Å². The molecule has 2 aliphatic heterocycles. The van der Waals surface area contributed by atoms with Crippen LogP contribution in [0.15, 0.2) is 36.7 Å². The predicted octanol–water partition coefficient (Wildman–Crippen LogP) is 2.99. The van der Waals surface area contributed by atoms with Gasteiger partial charge in [0.15, 0.2) is 0 Å². The van der Waals surface area contributed by atoms with Crippen molar-refractivity contribution < 1.29 is 9.53 Å². The molecule has 1 atom stereocenters. The van der Waals surface area contributed by atoms with E-state index >= 15 is 0 Å². The van der Waals surface area contributed by atoms with E-state index in [0.717, 1.165) is 31.6 Å². The van der Waals surface area contributed by atoms with Gasteiger partial charge in [-0.3, -0.25) is 9.78 Å². The molecule has 0 unspecified atom stereocenters. The van der Waals surface area contributed by atoms with Gasteiger partial charge in [0.1, 0.15) is 5.69 Å². The fourth-order valence-electron chi connectivity index (χ4n) is 4.19. The lowest BCUT2D eigenvalue weighted by Gasteiger charge is -2.38. The zero-order valence-corrected chi connectivity index (χ0v) is 16.9. The number of nitrogens with zero attached hydrogens (tertiary/aromatic N) is 4. The van der Waals surface area contributed by atoms with Crippen LogP contribution >= 0.6 is 0 Å². The van der Waals surface area contributed by atoms with E-state index in [1.54, 1.807) is 12.4 Å². The van der Waals surface area contributed by atoms with E-state index in [0.29, 0.717) is 24.8 Å².